The standard InChI is InChI=1S/C18H18N6OS/c19-14(25)3-1-2-4-15-23-16-17(26-15)11-6-5-10(12-7-8-21-24-12)9-13(11)22-18(16)20/h5-9H,1-4H2,(H2,19,25)(H2,20,22)(H,21,24). The van der Waals surface area contributed by atoms with Crippen LogP contribution in [0.15, 0.2) is 30.5 Å². The molecule has 1 amide bonds. The average molecular weight is 366 g/mol. The quantitative estimate of drug-likeness (QED) is 0.453. The lowest BCUT2D eigenvalue weighted by Gasteiger charge is -2.03. The number of aromatic nitrogens is 4. The lowest BCUT2D eigenvalue weighted by Crippen LogP contribution is -2.09. The number of anilines is 1. The van der Waals surface area contributed by atoms with E-state index in [0.29, 0.717) is 12.2 Å². The maximum absolute atomic E-state index is 10.8. The van der Waals surface area contributed by atoms with Crippen LogP contribution in [0.4, 0.5) is 5.82 Å². The van der Waals surface area contributed by atoms with Crippen LogP contribution in [0.1, 0.15) is 24.3 Å². The third kappa shape index (κ3) is 3.11. The van der Waals surface area contributed by atoms with Crippen LogP contribution in [0.3, 0.4) is 0 Å². The molecule has 4 rings (SSSR count). The minimum Gasteiger partial charge on any atom is -0.382 e. The SMILES string of the molecule is NC(=O)CCCCc1nc2c(N)nc3cc(-c4ccn[nH]4)ccc3c2s1. The van der Waals surface area contributed by atoms with Gasteiger partial charge in [-0.2, -0.15) is 5.10 Å². The first-order valence-electron chi connectivity index (χ1n) is 8.38. The van der Waals surface area contributed by atoms with E-state index in [9.17, 15) is 4.79 Å². The molecular weight excluding hydrogens is 348 g/mol. The Balaban J connectivity index is 1.69. The molecule has 3 heterocycles. The number of aromatic amines is 1. The van der Waals surface area contributed by atoms with Gasteiger partial charge in [0.15, 0.2) is 5.82 Å². The van der Waals surface area contributed by atoms with Crippen LogP contribution in [0.2, 0.25) is 0 Å². The third-order valence-corrected chi connectivity index (χ3v) is 5.42. The molecule has 0 saturated heterocycles. The van der Waals surface area contributed by atoms with Crippen molar-refractivity contribution in [2.75, 3.05) is 5.73 Å². The summed E-state index contributed by atoms with van der Waals surface area (Å²) in [6.45, 7) is 0. The van der Waals surface area contributed by atoms with Crippen molar-refractivity contribution >= 4 is 44.2 Å². The van der Waals surface area contributed by atoms with Crippen molar-refractivity contribution < 1.29 is 4.79 Å². The third-order valence-electron chi connectivity index (χ3n) is 4.27. The molecule has 0 aliphatic heterocycles. The molecule has 5 N–H and O–H groups in total. The summed E-state index contributed by atoms with van der Waals surface area (Å²) in [5.74, 6) is 0.177. The van der Waals surface area contributed by atoms with E-state index in [4.69, 9.17) is 11.5 Å². The topological polar surface area (TPSA) is 124 Å². The van der Waals surface area contributed by atoms with Crippen LogP contribution >= 0.6 is 11.3 Å². The molecule has 1 aromatic carbocycles. The fraction of sp³-hybridized carbons (Fsp3) is 0.222. The number of amides is 1. The number of nitrogen functional groups attached to an aromatic ring is 1. The van der Waals surface area contributed by atoms with E-state index in [1.54, 1.807) is 17.5 Å². The van der Waals surface area contributed by atoms with Gasteiger partial charge in [0.1, 0.15) is 5.52 Å². The number of hydrogen-bond acceptors (Lipinski definition) is 6. The number of hydrogen-bond donors (Lipinski definition) is 3. The summed E-state index contributed by atoms with van der Waals surface area (Å²) in [4.78, 5) is 20.0. The molecule has 4 aromatic rings. The number of unbranched alkanes of at least 4 members (excludes halogenated alkanes) is 1. The number of carbonyl (C=O) groups excluding carboxylic acids is 1. The lowest BCUT2D eigenvalue weighted by molar-refractivity contribution is -0.118. The van der Waals surface area contributed by atoms with Gasteiger partial charge in [-0.3, -0.25) is 9.89 Å². The Morgan fingerprint density at radius 2 is 2.08 bits per heavy atom. The summed E-state index contributed by atoms with van der Waals surface area (Å²) >= 11 is 1.64. The zero-order valence-corrected chi connectivity index (χ0v) is 14.8. The van der Waals surface area contributed by atoms with Gasteiger partial charge in [-0.1, -0.05) is 12.1 Å². The van der Waals surface area contributed by atoms with Crippen molar-refractivity contribution in [1.82, 2.24) is 20.2 Å². The number of nitrogens with one attached hydrogen (secondary N) is 1. The van der Waals surface area contributed by atoms with Gasteiger partial charge in [0.05, 0.1) is 20.9 Å². The van der Waals surface area contributed by atoms with Crippen molar-refractivity contribution in [3.63, 3.8) is 0 Å². The van der Waals surface area contributed by atoms with E-state index in [0.717, 1.165) is 56.6 Å². The molecule has 0 bridgehead atoms. The zero-order chi connectivity index (χ0) is 18.1. The zero-order valence-electron chi connectivity index (χ0n) is 14.0. The number of nitrogens with two attached hydrogens (primary N) is 2. The monoisotopic (exact) mass is 366 g/mol. The van der Waals surface area contributed by atoms with Gasteiger partial charge in [-0.05, 0) is 31.4 Å². The van der Waals surface area contributed by atoms with Gasteiger partial charge in [-0.25, -0.2) is 9.97 Å². The smallest absolute Gasteiger partial charge is 0.217 e. The average Bonchev–Trinajstić information content (AvgIpc) is 3.28. The fourth-order valence-electron chi connectivity index (χ4n) is 2.99. The number of pyridine rings is 1. The Kier molecular flexibility index (Phi) is 4.26. The molecular formula is C18H18N6OS. The Hall–Kier alpha value is -3.00. The molecule has 0 saturated carbocycles. The molecule has 0 aliphatic rings. The summed E-state index contributed by atoms with van der Waals surface area (Å²) in [5.41, 5.74) is 14.9. The molecule has 0 spiro atoms. The number of carbonyl (C=O) groups is 1. The van der Waals surface area contributed by atoms with Crippen molar-refractivity contribution in [2.45, 2.75) is 25.7 Å². The van der Waals surface area contributed by atoms with Crippen LogP contribution in [-0.2, 0) is 11.2 Å². The number of aryl methyl sites for hydroxylation is 1. The van der Waals surface area contributed by atoms with E-state index in [1.807, 2.05) is 18.2 Å². The summed E-state index contributed by atoms with van der Waals surface area (Å²) in [5, 5.41) is 8.99. The second kappa shape index (κ2) is 6.72. The number of nitrogens with zero attached hydrogens (tertiary/aromatic N) is 3. The normalized spacial score (nSPS) is 11.4. The van der Waals surface area contributed by atoms with E-state index in [2.05, 4.69) is 26.2 Å². The highest BCUT2D eigenvalue weighted by molar-refractivity contribution is 7.19. The van der Waals surface area contributed by atoms with Gasteiger partial charge in [-0.15, -0.1) is 11.3 Å². The molecule has 7 nitrogen and oxygen atoms in total. The van der Waals surface area contributed by atoms with Gasteiger partial charge < -0.3 is 11.5 Å². The first-order valence-corrected chi connectivity index (χ1v) is 9.20. The second-order valence-corrected chi connectivity index (χ2v) is 7.24. The van der Waals surface area contributed by atoms with Gasteiger partial charge in [0, 0.05) is 23.6 Å². The van der Waals surface area contributed by atoms with E-state index < -0.39 is 0 Å². The Morgan fingerprint density at radius 1 is 1.19 bits per heavy atom. The molecule has 0 radical (unpaired) electrons. The Bertz CT molecular complexity index is 1090. The molecule has 0 unspecified atom stereocenters. The molecule has 8 heteroatoms. The number of benzene rings is 1. The minimum atomic E-state index is -0.262. The first-order chi connectivity index (χ1) is 12.6. The van der Waals surface area contributed by atoms with Crippen LogP contribution in [0, 0.1) is 0 Å². The van der Waals surface area contributed by atoms with Crippen LogP contribution < -0.4 is 11.5 Å². The summed E-state index contributed by atoms with van der Waals surface area (Å²) < 4.78 is 1.05. The molecule has 0 aliphatic carbocycles. The van der Waals surface area contributed by atoms with Crippen molar-refractivity contribution in [1.29, 1.82) is 0 Å². The predicted octanol–water partition coefficient (Wildman–Crippen LogP) is 3.01. The largest absolute Gasteiger partial charge is 0.382 e. The predicted molar refractivity (Wildman–Crippen MR) is 104 cm³/mol. The first kappa shape index (κ1) is 16.5. The van der Waals surface area contributed by atoms with E-state index in [-0.39, 0.29) is 5.91 Å². The maximum Gasteiger partial charge on any atom is 0.217 e. The van der Waals surface area contributed by atoms with Crippen molar-refractivity contribution in [2.24, 2.45) is 5.73 Å². The van der Waals surface area contributed by atoms with E-state index >= 15 is 0 Å². The summed E-state index contributed by atoms with van der Waals surface area (Å²) in [6, 6.07) is 8.01. The van der Waals surface area contributed by atoms with Crippen LogP contribution in [0.25, 0.3) is 32.4 Å². The summed E-state index contributed by atoms with van der Waals surface area (Å²) in [7, 11) is 0. The fourth-order valence-corrected chi connectivity index (χ4v) is 4.13. The molecule has 3 aromatic heterocycles. The highest BCUT2D eigenvalue weighted by atomic mass is 32.1. The summed E-state index contributed by atoms with van der Waals surface area (Å²) in [6.07, 6.45) is 4.58. The van der Waals surface area contributed by atoms with Crippen LogP contribution in [0.5, 0.6) is 0 Å². The number of primary amides is 1. The molecule has 0 atom stereocenters. The second-order valence-electron chi connectivity index (χ2n) is 6.16. The minimum absolute atomic E-state index is 0.262. The highest BCUT2D eigenvalue weighted by Gasteiger charge is 2.13. The lowest BCUT2D eigenvalue weighted by atomic mass is 10.1. The van der Waals surface area contributed by atoms with Crippen LogP contribution in [-0.4, -0.2) is 26.1 Å². The number of rotatable bonds is 6. The van der Waals surface area contributed by atoms with Crippen molar-refractivity contribution in [3.8, 4) is 11.3 Å². The molecule has 0 fully saturated rings. The van der Waals surface area contributed by atoms with Gasteiger partial charge in [0.2, 0.25) is 5.91 Å². The number of fused-ring (bicyclic) bond motifs is 3. The van der Waals surface area contributed by atoms with Crippen molar-refractivity contribution in [3.05, 3.63) is 35.5 Å². The van der Waals surface area contributed by atoms with E-state index in [1.165, 1.54) is 0 Å². The number of thiazole rings is 1. The molecule has 132 valence electrons. The highest BCUT2D eigenvalue weighted by Crippen LogP contribution is 2.34. The molecule has 26 heavy (non-hydrogen) atoms. The Morgan fingerprint density at radius 3 is 2.85 bits per heavy atom. The maximum atomic E-state index is 10.8. The van der Waals surface area contributed by atoms with Gasteiger partial charge in [0.25, 0.3) is 0 Å². The number of H-pyrrole nitrogens is 1. The van der Waals surface area contributed by atoms with Gasteiger partial charge >= 0.3 is 0 Å². The Labute approximate surface area is 153 Å².